The van der Waals surface area contributed by atoms with E-state index in [0.717, 1.165) is 40.3 Å². The van der Waals surface area contributed by atoms with Gasteiger partial charge in [-0.05, 0) is 40.8 Å². The molecule has 1 saturated carbocycles. The molecule has 3 rings (SSSR count). The lowest BCUT2D eigenvalue weighted by Crippen LogP contribution is -2.11. The van der Waals surface area contributed by atoms with Crippen molar-refractivity contribution in [1.82, 2.24) is 14.5 Å². The maximum atomic E-state index is 5.90. The van der Waals surface area contributed by atoms with Crippen LogP contribution in [0.2, 0.25) is 0 Å². The normalized spacial score (nSPS) is 16.5. The molecule has 0 amide bonds. The molecule has 2 aromatic heterocycles. The summed E-state index contributed by atoms with van der Waals surface area (Å²) in [6, 6.07) is 2.03. The highest BCUT2D eigenvalue weighted by molar-refractivity contribution is 9.10. The maximum absolute atomic E-state index is 5.90. The van der Waals surface area contributed by atoms with E-state index in [1.54, 1.807) is 0 Å². The predicted octanol–water partition coefficient (Wildman–Crippen LogP) is 4.17. The van der Waals surface area contributed by atoms with Gasteiger partial charge in [-0.1, -0.05) is 12.8 Å². The molecule has 0 spiro atoms. The highest BCUT2D eigenvalue weighted by Crippen LogP contribution is 2.28. The van der Waals surface area contributed by atoms with Crippen molar-refractivity contribution in [2.75, 3.05) is 5.88 Å². The minimum atomic E-state index is 0.606. The van der Waals surface area contributed by atoms with E-state index in [4.69, 9.17) is 16.6 Å². The maximum Gasteiger partial charge on any atom is 0.160 e. The SMILES string of the molecule is ClCCc1nc2cc(Br)cnc2n1CC1CCCC1. The molecule has 0 atom stereocenters. The van der Waals surface area contributed by atoms with Crippen molar-refractivity contribution in [3.63, 3.8) is 0 Å². The number of halogens is 2. The number of aromatic nitrogens is 3. The van der Waals surface area contributed by atoms with Gasteiger partial charge in [0.25, 0.3) is 0 Å². The molecule has 2 heterocycles. The number of imidazole rings is 1. The van der Waals surface area contributed by atoms with Gasteiger partial charge in [-0.3, -0.25) is 0 Å². The number of hydrogen-bond acceptors (Lipinski definition) is 2. The van der Waals surface area contributed by atoms with Crippen LogP contribution in [0, 0.1) is 5.92 Å². The van der Waals surface area contributed by atoms with Crippen LogP contribution in [0.4, 0.5) is 0 Å². The number of pyridine rings is 1. The zero-order chi connectivity index (χ0) is 13.2. The average Bonchev–Trinajstić information content (AvgIpc) is 2.99. The Kier molecular flexibility index (Phi) is 4.08. The smallest absolute Gasteiger partial charge is 0.160 e. The fourth-order valence-corrected chi connectivity index (χ4v) is 3.44. The molecule has 0 bridgehead atoms. The Morgan fingerprint density at radius 2 is 2.16 bits per heavy atom. The van der Waals surface area contributed by atoms with Crippen molar-refractivity contribution >= 4 is 38.7 Å². The van der Waals surface area contributed by atoms with E-state index in [-0.39, 0.29) is 0 Å². The number of rotatable bonds is 4. The van der Waals surface area contributed by atoms with Crippen molar-refractivity contribution in [2.45, 2.75) is 38.6 Å². The number of alkyl halides is 1. The Morgan fingerprint density at radius 1 is 1.37 bits per heavy atom. The van der Waals surface area contributed by atoms with E-state index < -0.39 is 0 Å². The number of hydrogen-bond donors (Lipinski definition) is 0. The van der Waals surface area contributed by atoms with Gasteiger partial charge in [0.05, 0.1) is 0 Å². The first-order valence-electron chi connectivity index (χ1n) is 6.84. The van der Waals surface area contributed by atoms with Crippen molar-refractivity contribution < 1.29 is 0 Å². The van der Waals surface area contributed by atoms with Gasteiger partial charge in [-0.2, -0.15) is 0 Å². The first-order valence-corrected chi connectivity index (χ1v) is 8.17. The van der Waals surface area contributed by atoms with Gasteiger partial charge in [-0.15, -0.1) is 11.6 Å². The molecular weight excluding hydrogens is 326 g/mol. The molecule has 0 saturated heterocycles. The lowest BCUT2D eigenvalue weighted by Gasteiger charge is -2.13. The summed E-state index contributed by atoms with van der Waals surface area (Å²) in [6.07, 6.45) is 8.04. The summed E-state index contributed by atoms with van der Waals surface area (Å²) in [6.45, 7) is 1.04. The fourth-order valence-electron chi connectivity index (χ4n) is 2.95. The van der Waals surface area contributed by atoms with Gasteiger partial charge in [0.1, 0.15) is 11.3 Å². The second kappa shape index (κ2) is 5.80. The first kappa shape index (κ1) is 13.4. The Hall–Kier alpha value is -0.610. The summed E-state index contributed by atoms with van der Waals surface area (Å²) in [5, 5.41) is 0. The van der Waals surface area contributed by atoms with E-state index in [0.29, 0.717) is 5.88 Å². The summed E-state index contributed by atoms with van der Waals surface area (Å²) >= 11 is 9.36. The second-order valence-corrected chi connectivity index (χ2v) is 6.52. The largest absolute Gasteiger partial charge is 0.312 e. The molecule has 3 nitrogen and oxygen atoms in total. The molecule has 1 aliphatic carbocycles. The quantitative estimate of drug-likeness (QED) is 0.781. The van der Waals surface area contributed by atoms with Crippen LogP contribution in [0.5, 0.6) is 0 Å². The number of fused-ring (bicyclic) bond motifs is 1. The highest BCUT2D eigenvalue weighted by Gasteiger charge is 2.19. The molecule has 1 aliphatic rings. The van der Waals surface area contributed by atoms with Gasteiger partial charge in [-0.25, -0.2) is 9.97 Å². The molecule has 2 aromatic rings. The zero-order valence-corrected chi connectivity index (χ0v) is 13.1. The molecular formula is C14H17BrClN3. The zero-order valence-electron chi connectivity index (χ0n) is 10.8. The third kappa shape index (κ3) is 2.79. The molecule has 0 radical (unpaired) electrons. The summed E-state index contributed by atoms with van der Waals surface area (Å²) in [5.41, 5.74) is 1.96. The Bertz CT molecular complexity index is 575. The predicted molar refractivity (Wildman–Crippen MR) is 81.6 cm³/mol. The summed E-state index contributed by atoms with van der Waals surface area (Å²) < 4.78 is 3.25. The standard InChI is InChI=1S/C14H17BrClN3/c15-11-7-12-14(17-8-11)19(13(18-12)5-6-16)9-10-3-1-2-4-10/h7-8,10H,1-6,9H2. The van der Waals surface area contributed by atoms with Crippen molar-refractivity contribution in [3.8, 4) is 0 Å². The third-order valence-electron chi connectivity index (χ3n) is 3.86. The highest BCUT2D eigenvalue weighted by atomic mass is 79.9. The average molecular weight is 343 g/mol. The summed E-state index contributed by atoms with van der Waals surface area (Å²) in [7, 11) is 0. The monoisotopic (exact) mass is 341 g/mol. The van der Waals surface area contributed by atoms with Crippen molar-refractivity contribution in [2.24, 2.45) is 5.92 Å². The molecule has 0 aromatic carbocycles. The third-order valence-corrected chi connectivity index (χ3v) is 4.49. The Morgan fingerprint density at radius 3 is 2.89 bits per heavy atom. The number of nitrogens with zero attached hydrogens (tertiary/aromatic N) is 3. The second-order valence-electron chi connectivity index (χ2n) is 5.22. The number of aryl methyl sites for hydroxylation is 1. The van der Waals surface area contributed by atoms with E-state index in [1.165, 1.54) is 25.7 Å². The van der Waals surface area contributed by atoms with Crippen LogP contribution >= 0.6 is 27.5 Å². The fraction of sp³-hybridized carbons (Fsp3) is 0.571. The van der Waals surface area contributed by atoms with Gasteiger partial charge in [0.2, 0.25) is 0 Å². The Labute approximate surface area is 126 Å². The van der Waals surface area contributed by atoms with Crippen LogP contribution in [0.3, 0.4) is 0 Å². The van der Waals surface area contributed by atoms with Crippen LogP contribution < -0.4 is 0 Å². The molecule has 102 valence electrons. The lowest BCUT2D eigenvalue weighted by atomic mass is 10.1. The molecule has 19 heavy (non-hydrogen) atoms. The molecule has 0 unspecified atom stereocenters. The van der Waals surface area contributed by atoms with Gasteiger partial charge >= 0.3 is 0 Å². The topological polar surface area (TPSA) is 30.7 Å². The van der Waals surface area contributed by atoms with E-state index in [1.807, 2.05) is 12.3 Å². The molecule has 1 fully saturated rings. The van der Waals surface area contributed by atoms with E-state index >= 15 is 0 Å². The van der Waals surface area contributed by atoms with Crippen LogP contribution in [0.15, 0.2) is 16.7 Å². The Balaban J connectivity index is 2.00. The van der Waals surface area contributed by atoms with Crippen LogP contribution in [0.25, 0.3) is 11.2 Å². The van der Waals surface area contributed by atoms with Crippen LogP contribution in [-0.2, 0) is 13.0 Å². The molecule has 5 heteroatoms. The van der Waals surface area contributed by atoms with Crippen LogP contribution in [-0.4, -0.2) is 20.4 Å². The van der Waals surface area contributed by atoms with Gasteiger partial charge in [0.15, 0.2) is 5.65 Å². The lowest BCUT2D eigenvalue weighted by molar-refractivity contribution is 0.454. The van der Waals surface area contributed by atoms with E-state index in [2.05, 4.69) is 25.5 Å². The minimum Gasteiger partial charge on any atom is -0.312 e. The first-order chi connectivity index (χ1) is 9.28. The summed E-state index contributed by atoms with van der Waals surface area (Å²) in [5.74, 6) is 2.45. The van der Waals surface area contributed by atoms with Crippen molar-refractivity contribution in [1.29, 1.82) is 0 Å². The van der Waals surface area contributed by atoms with E-state index in [9.17, 15) is 0 Å². The van der Waals surface area contributed by atoms with Crippen molar-refractivity contribution in [3.05, 3.63) is 22.6 Å². The molecule has 0 N–H and O–H groups in total. The molecule has 0 aliphatic heterocycles. The summed E-state index contributed by atoms with van der Waals surface area (Å²) in [4.78, 5) is 9.23. The van der Waals surface area contributed by atoms with Crippen LogP contribution in [0.1, 0.15) is 31.5 Å². The minimum absolute atomic E-state index is 0.606. The van der Waals surface area contributed by atoms with Gasteiger partial charge < -0.3 is 4.57 Å². The van der Waals surface area contributed by atoms with Gasteiger partial charge in [0, 0.05) is 29.5 Å².